The van der Waals surface area contributed by atoms with E-state index >= 15 is 0 Å². The van der Waals surface area contributed by atoms with Crippen molar-refractivity contribution < 1.29 is 17.9 Å². The maximum absolute atomic E-state index is 14.3. The van der Waals surface area contributed by atoms with Gasteiger partial charge in [0.1, 0.15) is 0 Å². The summed E-state index contributed by atoms with van der Waals surface area (Å²) >= 11 is 0. The average molecular weight is 545 g/mol. The SMILES string of the molecule is CCOc1nc(C(=O)N2CCNC[C@H]2Cc2ccccc2)c(-c2ccccc2)n1-c1cccc(S(C)(=O)=O)c1. The Hall–Kier alpha value is -3.95. The molecule has 0 unspecified atom stereocenters. The Morgan fingerprint density at radius 1 is 1.03 bits per heavy atom. The van der Waals surface area contributed by atoms with Gasteiger partial charge in [-0.15, -0.1) is 0 Å². The Balaban J connectivity index is 1.65. The molecule has 2 heterocycles. The number of imidazole rings is 1. The zero-order valence-corrected chi connectivity index (χ0v) is 22.9. The topological polar surface area (TPSA) is 93.5 Å². The normalized spacial score (nSPS) is 15.7. The lowest BCUT2D eigenvalue weighted by atomic mass is 10.0. The predicted octanol–water partition coefficient (Wildman–Crippen LogP) is 4.00. The third kappa shape index (κ3) is 5.74. The highest BCUT2D eigenvalue weighted by Crippen LogP contribution is 2.34. The van der Waals surface area contributed by atoms with E-state index < -0.39 is 9.84 Å². The van der Waals surface area contributed by atoms with Gasteiger partial charge in [-0.25, -0.2) is 8.42 Å². The second-order valence-electron chi connectivity index (χ2n) is 9.54. The molecular weight excluding hydrogens is 512 g/mol. The molecule has 8 nitrogen and oxygen atoms in total. The molecule has 5 rings (SSSR count). The molecule has 0 aliphatic carbocycles. The van der Waals surface area contributed by atoms with E-state index in [1.165, 1.54) is 6.26 Å². The number of rotatable bonds is 8. The number of amides is 1. The lowest BCUT2D eigenvalue weighted by Gasteiger charge is -2.36. The average Bonchev–Trinajstić information content (AvgIpc) is 3.33. The van der Waals surface area contributed by atoms with E-state index in [0.29, 0.717) is 37.6 Å². The molecule has 1 aliphatic rings. The van der Waals surface area contributed by atoms with Crippen molar-refractivity contribution in [1.29, 1.82) is 0 Å². The van der Waals surface area contributed by atoms with Crippen molar-refractivity contribution in [3.63, 3.8) is 0 Å². The molecule has 0 bridgehead atoms. The van der Waals surface area contributed by atoms with Crippen molar-refractivity contribution in [3.05, 3.63) is 96.2 Å². The maximum Gasteiger partial charge on any atom is 0.302 e. The second kappa shape index (κ2) is 11.4. The third-order valence-corrected chi connectivity index (χ3v) is 7.91. The van der Waals surface area contributed by atoms with E-state index in [2.05, 4.69) is 17.4 Å². The number of piperazine rings is 1. The van der Waals surface area contributed by atoms with Crippen LogP contribution in [0.15, 0.2) is 89.8 Å². The number of nitrogens with one attached hydrogen (secondary N) is 1. The fraction of sp³-hybridized carbons (Fsp3) is 0.267. The van der Waals surface area contributed by atoms with Crippen LogP contribution in [0, 0.1) is 0 Å². The van der Waals surface area contributed by atoms with E-state index in [4.69, 9.17) is 9.72 Å². The molecule has 202 valence electrons. The maximum atomic E-state index is 14.3. The van der Waals surface area contributed by atoms with Gasteiger partial charge in [-0.3, -0.25) is 9.36 Å². The van der Waals surface area contributed by atoms with Gasteiger partial charge < -0.3 is 15.0 Å². The van der Waals surface area contributed by atoms with Gasteiger partial charge in [-0.05, 0) is 37.1 Å². The van der Waals surface area contributed by atoms with Gasteiger partial charge in [0.2, 0.25) is 0 Å². The quantitative estimate of drug-likeness (QED) is 0.361. The van der Waals surface area contributed by atoms with Crippen LogP contribution < -0.4 is 10.1 Å². The summed E-state index contributed by atoms with van der Waals surface area (Å²) in [4.78, 5) is 21.1. The largest absolute Gasteiger partial charge is 0.465 e. The van der Waals surface area contributed by atoms with Crippen LogP contribution in [0.3, 0.4) is 0 Å². The van der Waals surface area contributed by atoms with Crippen LogP contribution in [0.1, 0.15) is 23.0 Å². The van der Waals surface area contributed by atoms with Crippen LogP contribution in [-0.4, -0.2) is 67.3 Å². The first-order chi connectivity index (χ1) is 18.9. The number of aromatic nitrogens is 2. The summed E-state index contributed by atoms with van der Waals surface area (Å²) in [6.07, 6.45) is 1.89. The predicted molar refractivity (Wildman–Crippen MR) is 151 cm³/mol. The first-order valence-electron chi connectivity index (χ1n) is 13.0. The fourth-order valence-corrected chi connectivity index (χ4v) is 5.62. The van der Waals surface area contributed by atoms with Crippen LogP contribution in [0.25, 0.3) is 16.9 Å². The highest BCUT2D eigenvalue weighted by Gasteiger charge is 2.33. The Morgan fingerprint density at radius 2 is 1.74 bits per heavy atom. The standard InChI is InChI=1S/C30H32N4O4S/c1-3-38-30-32-27(29(35)33-18-17-31-21-25(33)19-22-11-6-4-7-12-22)28(23-13-8-5-9-14-23)34(30)24-15-10-16-26(20-24)39(2,36)37/h4-16,20,25,31H,3,17-19,21H2,1-2H3/t25-/m1/s1. The van der Waals surface area contributed by atoms with Crippen molar-refractivity contribution in [2.45, 2.75) is 24.3 Å². The summed E-state index contributed by atoms with van der Waals surface area (Å²) < 4.78 is 32.4. The molecule has 1 atom stereocenters. The van der Waals surface area contributed by atoms with Crippen molar-refractivity contribution in [2.75, 3.05) is 32.5 Å². The Kier molecular flexibility index (Phi) is 7.81. The number of carbonyl (C=O) groups is 1. The van der Waals surface area contributed by atoms with E-state index in [1.54, 1.807) is 28.8 Å². The third-order valence-electron chi connectivity index (χ3n) is 6.80. The summed E-state index contributed by atoms with van der Waals surface area (Å²) in [5.74, 6) is -0.185. The highest BCUT2D eigenvalue weighted by atomic mass is 32.2. The zero-order chi connectivity index (χ0) is 27.4. The zero-order valence-electron chi connectivity index (χ0n) is 22.1. The first-order valence-corrected chi connectivity index (χ1v) is 14.9. The number of sulfone groups is 1. The molecule has 0 spiro atoms. The molecule has 1 saturated heterocycles. The van der Waals surface area contributed by atoms with Gasteiger partial charge in [0.05, 0.1) is 22.9 Å². The monoisotopic (exact) mass is 544 g/mol. The molecule has 1 aromatic heterocycles. The Labute approximate surface area is 229 Å². The Morgan fingerprint density at radius 3 is 2.44 bits per heavy atom. The summed E-state index contributed by atoms with van der Waals surface area (Å²) in [6.45, 7) is 4.09. The molecular formula is C30H32N4O4S. The van der Waals surface area contributed by atoms with Crippen LogP contribution >= 0.6 is 0 Å². The number of ether oxygens (including phenoxy) is 1. The minimum absolute atomic E-state index is 0.0495. The molecule has 3 aromatic carbocycles. The molecule has 1 aliphatic heterocycles. The second-order valence-corrected chi connectivity index (χ2v) is 11.6. The van der Waals surface area contributed by atoms with Gasteiger partial charge in [-0.2, -0.15) is 4.98 Å². The van der Waals surface area contributed by atoms with Gasteiger partial charge >= 0.3 is 6.01 Å². The van der Waals surface area contributed by atoms with E-state index in [9.17, 15) is 13.2 Å². The van der Waals surface area contributed by atoms with E-state index in [0.717, 1.165) is 17.5 Å². The minimum Gasteiger partial charge on any atom is -0.465 e. The number of hydrogen-bond acceptors (Lipinski definition) is 6. The van der Waals surface area contributed by atoms with E-state index in [1.807, 2.05) is 60.4 Å². The van der Waals surface area contributed by atoms with Gasteiger partial charge in [0, 0.05) is 37.5 Å². The van der Waals surface area contributed by atoms with Crippen molar-refractivity contribution in [1.82, 2.24) is 19.8 Å². The number of nitrogens with zero attached hydrogens (tertiary/aromatic N) is 3. The summed E-state index contributed by atoms with van der Waals surface area (Å²) in [5, 5.41) is 3.42. The summed E-state index contributed by atoms with van der Waals surface area (Å²) in [7, 11) is -3.46. The molecule has 4 aromatic rings. The van der Waals surface area contributed by atoms with Gasteiger partial charge in [-0.1, -0.05) is 66.7 Å². The minimum atomic E-state index is -3.46. The summed E-state index contributed by atoms with van der Waals surface area (Å²) in [6, 6.07) is 26.5. The molecule has 0 saturated carbocycles. The number of carbonyl (C=O) groups excluding carboxylic acids is 1. The fourth-order valence-electron chi connectivity index (χ4n) is 4.96. The van der Waals surface area contributed by atoms with Crippen LogP contribution in [0.2, 0.25) is 0 Å². The molecule has 1 amide bonds. The molecule has 1 fully saturated rings. The van der Waals surface area contributed by atoms with E-state index in [-0.39, 0.29) is 28.5 Å². The molecule has 1 N–H and O–H groups in total. The van der Waals surface area contributed by atoms with Gasteiger partial charge in [0.25, 0.3) is 5.91 Å². The smallest absolute Gasteiger partial charge is 0.302 e. The molecule has 9 heteroatoms. The Bertz CT molecular complexity index is 1550. The van der Waals surface area contributed by atoms with Crippen LogP contribution in [0.5, 0.6) is 6.01 Å². The van der Waals surface area contributed by atoms with Gasteiger partial charge in [0.15, 0.2) is 15.5 Å². The lowest BCUT2D eigenvalue weighted by Crippen LogP contribution is -2.54. The lowest BCUT2D eigenvalue weighted by molar-refractivity contribution is 0.0630. The van der Waals surface area contributed by atoms with Crippen molar-refractivity contribution >= 4 is 15.7 Å². The summed E-state index contributed by atoms with van der Waals surface area (Å²) in [5.41, 5.74) is 3.32. The number of hydrogen-bond donors (Lipinski definition) is 1. The first kappa shape index (κ1) is 26.6. The molecule has 39 heavy (non-hydrogen) atoms. The molecule has 0 radical (unpaired) electrons. The number of benzene rings is 3. The van der Waals surface area contributed by atoms with Crippen molar-refractivity contribution in [3.8, 4) is 23.0 Å². The van der Waals surface area contributed by atoms with Crippen molar-refractivity contribution in [2.24, 2.45) is 0 Å². The van der Waals surface area contributed by atoms with Crippen LogP contribution in [0.4, 0.5) is 0 Å². The highest BCUT2D eigenvalue weighted by molar-refractivity contribution is 7.90. The van der Waals surface area contributed by atoms with Crippen LogP contribution in [-0.2, 0) is 16.3 Å².